The summed E-state index contributed by atoms with van der Waals surface area (Å²) < 4.78 is 0. The summed E-state index contributed by atoms with van der Waals surface area (Å²) in [5.74, 6) is 0.148. The van der Waals surface area contributed by atoms with Crippen LogP contribution in [0.25, 0.3) is 0 Å². The van der Waals surface area contributed by atoms with Crippen molar-refractivity contribution in [2.45, 2.75) is 53.4 Å². The number of Topliss-reactive ketones (excluding diaryl/α,β-unsaturated/α-hetero) is 1. The lowest BCUT2D eigenvalue weighted by Gasteiger charge is -2.21. The van der Waals surface area contributed by atoms with Crippen molar-refractivity contribution in [3.63, 3.8) is 0 Å². The van der Waals surface area contributed by atoms with Crippen molar-refractivity contribution < 1.29 is 9.59 Å². The van der Waals surface area contributed by atoms with Crippen LogP contribution >= 0.6 is 0 Å². The van der Waals surface area contributed by atoms with Gasteiger partial charge in [0.2, 0.25) is 5.91 Å². The number of aryl methyl sites for hydroxylation is 2. The number of ketones is 1. The Labute approximate surface area is 128 Å². The van der Waals surface area contributed by atoms with E-state index in [2.05, 4.69) is 13.8 Å². The van der Waals surface area contributed by atoms with Gasteiger partial charge in [-0.15, -0.1) is 0 Å². The molecule has 21 heavy (non-hydrogen) atoms. The Hall–Kier alpha value is -1.64. The molecule has 1 amide bonds. The van der Waals surface area contributed by atoms with Gasteiger partial charge < -0.3 is 4.90 Å². The summed E-state index contributed by atoms with van der Waals surface area (Å²) in [5.41, 5.74) is 3.01. The van der Waals surface area contributed by atoms with Gasteiger partial charge in [0, 0.05) is 31.5 Å². The highest BCUT2D eigenvalue weighted by atomic mass is 16.2. The minimum Gasteiger partial charge on any atom is -0.343 e. The molecule has 1 aromatic rings. The monoisotopic (exact) mass is 289 g/mol. The van der Waals surface area contributed by atoms with Crippen molar-refractivity contribution in [2.75, 3.05) is 13.1 Å². The first kappa shape index (κ1) is 17.4. The summed E-state index contributed by atoms with van der Waals surface area (Å²) in [6.45, 7) is 9.73. The van der Waals surface area contributed by atoms with Gasteiger partial charge in [-0.3, -0.25) is 9.59 Å². The van der Waals surface area contributed by atoms with E-state index in [0.717, 1.165) is 31.5 Å². The predicted molar refractivity (Wildman–Crippen MR) is 86.6 cm³/mol. The van der Waals surface area contributed by atoms with Crippen molar-refractivity contribution in [3.8, 4) is 0 Å². The Kier molecular flexibility index (Phi) is 7.13. The first-order valence-corrected chi connectivity index (χ1v) is 7.87. The Balaban J connectivity index is 2.58. The van der Waals surface area contributed by atoms with E-state index in [1.165, 1.54) is 5.56 Å². The molecule has 0 radical (unpaired) electrons. The van der Waals surface area contributed by atoms with Crippen molar-refractivity contribution in [1.29, 1.82) is 0 Å². The fourth-order valence-electron chi connectivity index (χ4n) is 2.34. The van der Waals surface area contributed by atoms with Crippen LogP contribution in [0, 0.1) is 13.8 Å². The molecule has 0 aliphatic rings. The maximum atomic E-state index is 12.2. The molecule has 0 bridgehead atoms. The molecule has 116 valence electrons. The topological polar surface area (TPSA) is 37.4 Å². The van der Waals surface area contributed by atoms with E-state index in [1.807, 2.05) is 36.9 Å². The van der Waals surface area contributed by atoms with E-state index >= 15 is 0 Å². The van der Waals surface area contributed by atoms with Crippen LogP contribution < -0.4 is 0 Å². The first-order chi connectivity index (χ1) is 9.99. The average Bonchev–Trinajstić information content (AvgIpc) is 2.47. The number of rotatable bonds is 8. The van der Waals surface area contributed by atoms with Crippen LogP contribution in [0.1, 0.15) is 61.0 Å². The van der Waals surface area contributed by atoms with Crippen LogP contribution in [0.3, 0.4) is 0 Å². The summed E-state index contributed by atoms with van der Waals surface area (Å²) in [6, 6.07) is 5.73. The molecule has 0 N–H and O–H groups in total. The molecule has 0 fully saturated rings. The molecule has 1 aromatic carbocycles. The number of carbonyl (C=O) groups is 2. The van der Waals surface area contributed by atoms with Crippen LogP contribution in [-0.4, -0.2) is 29.7 Å². The van der Waals surface area contributed by atoms with E-state index < -0.39 is 0 Å². The number of hydrogen-bond acceptors (Lipinski definition) is 2. The molecule has 0 saturated heterocycles. The highest BCUT2D eigenvalue weighted by Gasteiger charge is 2.14. The van der Waals surface area contributed by atoms with Crippen LogP contribution in [0.4, 0.5) is 0 Å². The molecular weight excluding hydrogens is 262 g/mol. The lowest BCUT2D eigenvalue weighted by molar-refractivity contribution is -0.131. The number of hydrogen-bond donors (Lipinski definition) is 0. The van der Waals surface area contributed by atoms with Gasteiger partial charge in [-0.2, -0.15) is 0 Å². The third-order valence-corrected chi connectivity index (χ3v) is 3.73. The third-order valence-electron chi connectivity index (χ3n) is 3.73. The SMILES string of the molecule is CCCN(CCC)C(=O)CCC(=O)c1ccc(C)c(C)c1. The molecule has 3 heteroatoms. The molecular formula is C18H27NO2. The minimum absolute atomic E-state index is 0.0550. The summed E-state index contributed by atoms with van der Waals surface area (Å²) in [4.78, 5) is 26.2. The molecule has 1 rings (SSSR count). The fourth-order valence-corrected chi connectivity index (χ4v) is 2.34. The van der Waals surface area contributed by atoms with Crippen LogP contribution in [-0.2, 0) is 4.79 Å². The highest BCUT2D eigenvalue weighted by Crippen LogP contribution is 2.13. The molecule has 0 aliphatic carbocycles. The van der Waals surface area contributed by atoms with Gasteiger partial charge in [-0.25, -0.2) is 0 Å². The van der Waals surface area contributed by atoms with Crippen molar-refractivity contribution >= 4 is 11.7 Å². The molecule has 0 aliphatic heterocycles. The van der Waals surface area contributed by atoms with Gasteiger partial charge >= 0.3 is 0 Å². The zero-order chi connectivity index (χ0) is 15.8. The van der Waals surface area contributed by atoms with Gasteiger partial charge in [0.25, 0.3) is 0 Å². The van der Waals surface area contributed by atoms with Crippen molar-refractivity contribution in [2.24, 2.45) is 0 Å². The number of nitrogens with zero attached hydrogens (tertiary/aromatic N) is 1. The standard InChI is InChI=1S/C18H27NO2/c1-5-11-19(12-6-2)18(21)10-9-17(20)16-8-7-14(3)15(4)13-16/h7-8,13H,5-6,9-12H2,1-4H3. The lowest BCUT2D eigenvalue weighted by atomic mass is 10.0. The molecule has 0 aromatic heterocycles. The quantitative estimate of drug-likeness (QED) is 0.680. The second kappa shape index (κ2) is 8.60. The first-order valence-electron chi connectivity index (χ1n) is 7.87. The van der Waals surface area contributed by atoms with Crippen LogP contribution in [0.5, 0.6) is 0 Å². The van der Waals surface area contributed by atoms with E-state index in [4.69, 9.17) is 0 Å². The molecule has 3 nitrogen and oxygen atoms in total. The van der Waals surface area contributed by atoms with Gasteiger partial charge in [0.05, 0.1) is 0 Å². The van der Waals surface area contributed by atoms with Gasteiger partial charge in [-0.1, -0.05) is 26.0 Å². The van der Waals surface area contributed by atoms with E-state index in [9.17, 15) is 9.59 Å². The molecule has 0 atom stereocenters. The van der Waals surface area contributed by atoms with Crippen molar-refractivity contribution in [1.82, 2.24) is 4.90 Å². The molecule has 0 saturated carbocycles. The highest BCUT2D eigenvalue weighted by molar-refractivity contribution is 5.98. The number of carbonyl (C=O) groups excluding carboxylic acids is 2. The van der Waals surface area contributed by atoms with E-state index in [-0.39, 0.29) is 11.7 Å². The Bertz CT molecular complexity index is 488. The summed E-state index contributed by atoms with van der Waals surface area (Å²) in [7, 11) is 0. The Morgan fingerprint density at radius 3 is 2.10 bits per heavy atom. The van der Waals surface area contributed by atoms with Crippen LogP contribution in [0.15, 0.2) is 18.2 Å². The number of benzene rings is 1. The Morgan fingerprint density at radius 1 is 0.952 bits per heavy atom. The summed E-state index contributed by atoms with van der Waals surface area (Å²) in [6.07, 6.45) is 2.52. The molecule has 0 spiro atoms. The largest absolute Gasteiger partial charge is 0.343 e. The smallest absolute Gasteiger partial charge is 0.223 e. The maximum Gasteiger partial charge on any atom is 0.223 e. The van der Waals surface area contributed by atoms with Crippen LogP contribution in [0.2, 0.25) is 0 Å². The normalized spacial score (nSPS) is 10.5. The van der Waals surface area contributed by atoms with Gasteiger partial charge in [-0.05, 0) is 43.9 Å². The molecule has 0 unspecified atom stereocenters. The third kappa shape index (κ3) is 5.33. The lowest BCUT2D eigenvalue weighted by Crippen LogP contribution is -2.32. The zero-order valence-electron chi connectivity index (χ0n) is 13.7. The second-order valence-corrected chi connectivity index (χ2v) is 5.60. The number of amides is 1. The van der Waals surface area contributed by atoms with Gasteiger partial charge in [0.15, 0.2) is 5.78 Å². The minimum atomic E-state index is 0.0550. The zero-order valence-corrected chi connectivity index (χ0v) is 13.7. The van der Waals surface area contributed by atoms with E-state index in [0.29, 0.717) is 18.4 Å². The Morgan fingerprint density at radius 2 is 1.57 bits per heavy atom. The van der Waals surface area contributed by atoms with E-state index in [1.54, 1.807) is 0 Å². The summed E-state index contributed by atoms with van der Waals surface area (Å²) >= 11 is 0. The summed E-state index contributed by atoms with van der Waals surface area (Å²) in [5, 5.41) is 0. The van der Waals surface area contributed by atoms with Crippen molar-refractivity contribution in [3.05, 3.63) is 34.9 Å². The van der Waals surface area contributed by atoms with Gasteiger partial charge in [0.1, 0.15) is 0 Å². The maximum absolute atomic E-state index is 12.2. The fraction of sp³-hybridized carbons (Fsp3) is 0.556. The average molecular weight is 289 g/mol. The second-order valence-electron chi connectivity index (χ2n) is 5.60. The molecule has 0 heterocycles. The predicted octanol–water partition coefficient (Wildman–Crippen LogP) is 3.91.